The first kappa shape index (κ1) is 26.0. The second kappa shape index (κ2) is 14.0. The molecular weight excluding hydrogens is 406 g/mol. The molecule has 0 unspecified atom stereocenters. The van der Waals surface area contributed by atoms with E-state index in [-0.39, 0.29) is 24.5 Å². The molecular formula is C26H37NO5. The number of hydrogen-bond acceptors (Lipinski definition) is 5. The highest BCUT2D eigenvalue weighted by molar-refractivity contribution is 5.84. The summed E-state index contributed by atoms with van der Waals surface area (Å²) in [6, 6.07) is 9.89. The molecule has 0 aromatic heterocycles. The van der Waals surface area contributed by atoms with Gasteiger partial charge in [-0.15, -0.1) is 0 Å². The summed E-state index contributed by atoms with van der Waals surface area (Å²) < 4.78 is 0. The molecule has 0 spiro atoms. The molecule has 6 nitrogen and oxygen atoms in total. The van der Waals surface area contributed by atoms with E-state index in [0.29, 0.717) is 32.2 Å². The van der Waals surface area contributed by atoms with Crippen LogP contribution in [0.3, 0.4) is 0 Å². The van der Waals surface area contributed by atoms with E-state index in [4.69, 9.17) is 0 Å². The molecule has 1 saturated carbocycles. The number of ketones is 1. The maximum atomic E-state index is 12.7. The van der Waals surface area contributed by atoms with E-state index < -0.39 is 30.1 Å². The van der Waals surface area contributed by atoms with Crippen molar-refractivity contribution in [2.24, 2.45) is 11.8 Å². The monoisotopic (exact) mass is 443 g/mol. The number of nitrogens with one attached hydrogen (secondary N) is 1. The number of hydrogen-bond donors (Lipinski definition) is 4. The fourth-order valence-corrected chi connectivity index (χ4v) is 4.16. The molecule has 0 saturated heterocycles. The molecule has 1 aliphatic carbocycles. The zero-order chi connectivity index (χ0) is 23.3. The number of aliphatic hydroxyl groups is 3. The number of unbranched alkanes of at least 4 members (excludes halogenated alkanes) is 1. The third-order valence-electron chi connectivity index (χ3n) is 5.89. The van der Waals surface area contributed by atoms with Crippen LogP contribution in [0.25, 0.3) is 0 Å². The average molecular weight is 444 g/mol. The number of allylic oxidation sites excluding steroid dienone is 2. The third-order valence-corrected chi connectivity index (χ3v) is 5.89. The lowest BCUT2D eigenvalue weighted by atomic mass is 9.87. The van der Waals surface area contributed by atoms with Gasteiger partial charge in [0.2, 0.25) is 5.91 Å². The van der Waals surface area contributed by atoms with Gasteiger partial charge in [0.05, 0.1) is 24.2 Å². The number of carbonyl (C=O) groups is 2. The van der Waals surface area contributed by atoms with E-state index in [1.807, 2.05) is 43.3 Å². The summed E-state index contributed by atoms with van der Waals surface area (Å²) in [4.78, 5) is 24.1. The summed E-state index contributed by atoms with van der Waals surface area (Å²) in [5.41, 5.74) is 1.14. The van der Waals surface area contributed by atoms with Crippen LogP contribution in [-0.4, -0.2) is 51.9 Å². The highest BCUT2D eigenvalue weighted by Crippen LogP contribution is 2.35. The Morgan fingerprint density at radius 1 is 1.16 bits per heavy atom. The normalized spacial score (nSPS) is 24.2. The summed E-state index contributed by atoms with van der Waals surface area (Å²) in [6.07, 6.45) is 8.08. The molecule has 176 valence electrons. The maximum absolute atomic E-state index is 12.7. The first-order valence-corrected chi connectivity index (χ1v) is 11.6. The van der Waals surface area contributed by atoms with Crippen LogP contribution in [0.15, 0.2) is 54.6 Å². The summed E-state index contributed by atoms with van der Waals surface area (Å²) in [5, 5.41) is 33.7. The van der Waals surface area contributed by atoms with Gasteiger partial charge in [-0.1, -0.05) is 54.6 Å². The molecule has 1 aromatic rings. The van der Waals surface area contributed by atoms with Gasteiger partial charge in [0, 0.05) is 31.7 Å². The molecule has 4 N–H and O–H groups in total. The van der Waals surface area contributed by atoms with Gasteiger partial charge >= 0.3 is 0 Å². The zero-order valence-corrected chi connectivity index (χ0v) is 18.9. The lowest BCUT2D eigenvalue weighted by Gasteiger charge is -2.19. The molecule has 32 heavy (non-hydrogen) atoms. The summed E-state index contributed by atoms with van der Waals surface area (Å²) >= 11 is 0. The first-order valence-electron chi connectivity index (χ1n) is 11.6. The summed E-state index contributed by atoms with van der Waals surface area (Å²) in [5.74, 6) is -1.28. The largest absolute Gasteiger partial charge is 0.392 e. The number of aliphatic hydroxyl groups excluding tert-OH is 3. The smallest absolute Gasteiger partial charge is 0.219 e. The van der Waals surface area contributed by atoms with Crippen LogP contribution in [0.5, 0.6) is 0 Å². The van der Waals surface area contributed by atoms with Gasteiger partial charge in [0.15, 0.2) is 0 Å². The Labute approximate surface area is 191 Å². The minimum atomic E-state index is -0.889. The fourth-order valence-electron chi connectivity index (χ4n) is 4.16. The Bertz CT molecular complexity index is 761. The third kappa shape index (κ3) is 8.69. The summed E-state index contributed by atoms with van der Waals surface area (Å²) in [6.45, 7) is 2.50. The molecule has 1 aliphatic rings. The van der Waals surface area contributed by atoms with Gasteiger partial charge in [-0.25, -0.2) is 0 Å². The van der Waals surface area contributed by atoms with E-state index in [9.17, 15) is 24.9 Å². The highest BCUT2D eigenvalue weighted by atomic mass is 16.3. The van der Waals surface area contributed by atoms with Gasteiger partial charge in [0.1, 0.15) is 5.78 Å². The van der Waals surface area contributed by atoms with Crippen molar-refractivity contribution in [3.05, 3.63) is 60.2 Å². The molecule has 2 rings (SSSR count). The van der Waals surface area contributed by atoms with Crippen molar-refractivity contribution in [3.63, 3.8) is 0 Å². The topological polar surface area (TPSA) is 107 Å². The molecule has 1 amide bonds. The summed E-state index contributed by atoms with van der Waals surface area (Å²) in [7, 11) is 0. The quantitative estimate of drug-likeness (QED) is 0.277. The molecule has 0 heterocycles. The fraction of sp³-hybridized carbons (Fsp3) is 0.538. The average Bonchev–Trinajstić information content (AvgIpc) is 3.06. The molecule has 5 atom stereocenters. The lowest BCUT2D eigenvalue weighted by Crippen LogP contribution is -2.28. The van der Waals surface area contributed by atoms with Crippen molar-refractivity contribution in [1.29, 1.82) is 0 Å². The molecule has 0 aliphatic heterocycles. The lowest BCUT2D eigenvalue weighted by molar-refractivity contribution is -0.125. The van der Waals surface area contributed by atoms with Gasteiger partial charge in [-0.05, 0) is 38.2 Å². The Kier molecular flexibility index (Phi) is 11.4. The van der Waals surface area contributed by atoms with Gasteiger partial charge in [-0.2, -0.15) is 0 Å². The second-order valence-corrected chi connectivity index (χ2v) is 8.44. The number of Topliss-reactive ketones (excluding diaryl/α,β-unsaturated/α-hetero) is 1. The van der Waals surface area contributed by atoms with Crippen molar-refractivity contribution >= 4 is 11.7 Å². The van der Waals surface area contributed by atoms with Crippen molar-refractivity contribution in [2.75, 3.05) is 6.54 Å². The SMILES string of the molecule is CCNC(=O)CCC/C=C\CC(=O)[C@@H]1[C@@H](/C=C/[C@@H](O)CCc2ccccc2)[C@H](O)C[C@@H]1O. The van der Waals surface area contributed by atoms with E-state index >= 15 is 0 Å². The Morgan fingerprint density at radius 2 is 1.91 bits per heavy atom. The zero-order valence-electron chi connectivity index (χ0n) is 18.9. The van der Waals surface area contributed by atoms with Gasteiger partial charge in [0.25, 0.3) is 0 Å². The van der Waals surface area contributed by atoms with E-state index in [1.54, 1.807) is 18.2 Å². The predicted octanol–water partition coefficient (Wildman–Crippen LogP) is 2.72. The molecule has 6 heteroatoms. The van der Waals surface area contributed by atoms with Crippen LogP contribution in [0.4, 0.5) is 0 Å². The second-order valence-electron chi connectivity index (χ2n) is 8.44. The van der Waals surface area contributed by atoms with Gasteiger partial charge in [-0.3, -0.25) is 9.59 Å². The van der Waals surface area contributed by atoms with E-state index in [2.05, 4.69) is 5.32 Å². The Balaban J connectivity index is 1.82. The van der Waals surface area contributed by atoms with Crippen LogP contribution >= 0.6 is 0 Å². The minimum absolute atomic E-state index is 0.0284. The number of benzene rings is 1. The predicted molar refractivity (Wildman–Crippen MR) is 125 cm³/mol. The molecule has 1 fully saturated rings. The molecule has 0 bridgehead atoms. The van der Waals surface area contributed by atoms with E-state index in [1.165, 1.54) is 0 Å². The first-order chi connectivity index (χ1) is 15.4. The number of carbonyl (C=O) groups excluding carboxylic acids is 2. The standard InChI is InChI=1S/C26H37NO5/c1-2-27-25(32)13-9-4-3-8-12-22(29)26-21(23(30)18-24(26)31)17-16-20(28)15-14-19-10-6-5-7-11-19/h3,5-8,10-11,16-17,20-21,23-24,26,28,30-31H,2,4,9,12-15,18H2,1H3,(H,27,32)/b8-3-,17-16+/t20-,21-,23+,24-,26-/m0/s1. The highest BCUT2D eigenvalue weighted by Gasteiger charge is 2.43. The maximum Gasteiger partial charge on any atom is 0.219 e. The number of rotatable bonds is 13. The molecule has 0 radical (unpaired) electrons. The Hall–Kier alpha value is -2.28. The Morgan fingerprint density at radius 3 is 2.62 bits per heavy atom. The van der Waals surface area contributed by atoms with Crippen LogP contribution < -0.4 is 5.32 Å². The van der Waals surface area contributed by atoms with Gasteiger partial charge < -0.3 is 20.6 Å². The van der Waals surface area contributed by atoms with E-state index in [0.717, 1.165) is 12.0 Å². The van der Waals surface area contributed by atoms with Crippen molar-refractivity contribution in [3.8, 4) is 0 Å². The van der Waals surface area contributed by atoms with Crippen LogP contribution in [-0.2, 0) is 16.0 Å². The molecule has 1 aromatic carbocycles. The van der Waals surface area contributed by atoms with Crippen LogP contribution in [0, 0.1) is 11.8 Å². The number of aryl methyl sites for hydroxylation is 1. The minimum Gasteiger partial charge on any atom is -0.392 e. The van der Waals surface area contributed by atoms with Crippen molar-refractivity contribution in [2.45, 2.75) is 70.2 Å². The van der Waals surface area contributed by atoms with Crippen LogP contribution in [0.2, 0.25) is 0 Å². The van der Waals surface area contributed by atoms with Crippen LogP contribution in [0.1, 0.15) is 51.0 Å². The van der Waals surface area contributed by atoms with Crippen molar-refractivity contribution < 1.29 is 24.9 Å². The van der Waals surface area contributed by atoms with Crippen molar-refractivity contribution in [1.82, 2.24) is 5.32 Å². The number of amides is 1.